The lowest BCUT2D eigenvalue weighted by atomic mass is 10.1. The second-order valence-electron chi connectivity index (χ2n) is 3.09. The zero-order chi connectivity index (χ0) is 12.2. The van der Waals surface area contributed by atoms with Crippen LogP contribution in [-0.4, -0.2) is 11.7 Å². The minimum Gasteiger partial charge on any atom is -0.406 e. The molecule has 1 nitrogen and oxygen atoms in total. The van der Waals surface area contributed by atoms with Crippen molar-refractivity contribution in [3.05, 3.63) is 28.2 Å². The monoisotopic (exact) mass is 360 g/mol. The molecule has 1 aromatic carbocycles. The van der Waals surface area contributed by atoms with Gasteiger partial charge < -0.3 is 4.74 Å². The molecule has 0 unspecified atom stereocenters. The number of hydrogen-bond donors (Lipinski definition) is 0. The minimum atomic E-state index is -4.64. The van der Waals surface area contributed by atoms with Crippen LogP contribution >= 0.6 is 31.9 Å². The highest BCUT2D eigenvalue weighted by Crippen LogP contribution is 2.29. The van der Waals surface area contributed by atoms with Crippen molar-refractivity contribution in [2.45, 2.75) is 19.2 Å². The third kappa shape index (κ3) is 4.74. The number of aryl methyl sites for hydroxylation is 1. The van der Waals surface area contributed by atoms with Crippen molar-refractivity contribution in [1.29, 1.82) is 0 Å². The Balaban J connectivity index is 2.89. The molecule has 0 saturated heterocycles. The van der Waals surface area contributed by atoms with E-state index in [1.807, 2.05) is 0 Å². The fourth-order valence-corrected chi connectivity index (χ4v) is 1.91. The number of hydrogen-bond acceptors (Lipinski definition) is 1. The topological polar surface area (TPSA) is 9.23 Å². The molecule has 90 valence electrons. The van der Waals surface area contributed by atoms with Gasteiger partial charge in [0.05, 0.1) is 0 Å². The molecule has 0 bridgehead atoms. The van der Waals surface area contributed by atoms with E-state index in [1.54, 1.807) is 6.07 Å². The number of benzene rings is 1. The summed E-state index contributed by atoms with van der Waals surface area (Å²) in [5.74, 6) is -0.128. The number of rotatable bonds is 4. The van der Waals surface area contributed by atoms with E-state index in [-0.39, 0.29) is 5.75 Å². The SMILES string of the molecule is FC(F)(F)Oc1ccc(Br)cc1CCCBr. The van der Waals surface area contributed by atoms with Crippen LogP contribution in [0.5, 0.6) is 5.75 Å². The van der Waals surface area contributed by atoms with Crippen molar-refractivity contribution in [3.8, 4) is 5.75 Å². The molecule has 0 spiro atoms. The van der Waals surface area contributed by atoms with Gasteiger partial charge in [0.25, 0.3) is 0 Å². The minimum absolute atomic E-state index is 0.128. The highest BCUT2D eigenvalue weighted by atomic mass is 79.9. The molecule has 0 heterocycles. The van der Waals surface area contributed by atoms with Crippen LogP contribution in [-0.2, 0) is 6.42 Å². The van der Waals surface area contributed by atoms with E-state index in [0.717, 1.165) is 16.2 Å². The Morgan fingerprint density at radius 3 is 2.50 bits per heavy atom. The quantitative estimate of drug-likeness (QED) is 0.708. The fourth-order valence-electron chi connectivity index (χ4n) is 1.22. The predicted octanol–water partition coefficient (Wildman–Crippen LogP) is 4.68. The molecule has 0 atom stereocenters. The van der Waals surface area contributed by atoms with Gasteiger partial charge in [-0.1, -0.05) is 31.9 Å². The Labute approximate surface area is 108 Å². The van der Waals surface area contributed by atoms with Crippen molar-refractivity contribution < 1.29 is 17.9 Å². The van der Waals surface area contributed by atoms with Gasteiger partial charge in [-0.05, 0) is 36.6 Å². The molecule has 0 aliphatic heterocycles. The molecule has 0 fully saturated rings. The third-order valence-corrected chi connectivity index (χ3v) is 2.88. The summed E-state index contributed by atoms with van der Waals surface area (Å²) < 4.78 is 41.0. The normalized spacial score (nSPS) is 11.6. The van der Waals surface area contributed by atoms with Crippen LogP contribution in [0.4, 0.5) is 13.2 Å². The summed E-state index contributed by atoms with van der Waals surface area (Å²) in [6, 6.07) is 4.49. The van der Waals surface area contributed by atoms with E-state index < -0.39 is 6.36 Å². The molecule has 0 saturated carbocycles. The van der Waals surface area contributed by atoms with Gasteiger partial charge in [0.2, 0.25) is 0 Å². The smallest absolute Gasteiger partial charge is 0.406 e. The van der Waals surface area contributed by atoms with Crippen LogP contribution < -0.4 is 4.74 Å². The lowest BCUT2D eigenvalue weighted by molar-refractivity contribution is -0.274. The highest BCUT2D eigenvalue weighted by molar-refractivity contribution is 9.10. The number of halogens is 5. The van der Waals surface area contributed by atoms with E-state index in [1.165, 1.54) is 12.1 Å². The summed E-state index contributed by atoms with van der Waals surface area (Å²) in [4.78, 5) is 0. The van der Waals surface area contributed by atoms with E-state index in [2.05, 4.69) is 36.6 Å². The summed E-state index contributed by atoms with van der Waals surface area (Å²) in [5.41, 5.74) is 0.547. The lowest BCUT2D eigenvalue weighted by Crippen LogP contribution is -2.18. The Morgan fingerprint density at radius 1 is 1.25 bits per heavy atom. The molecule has 0 aliphatic rings. The van der Waals surface area contributed by atoms with Crippen LogP contribution in [0, 0.1) is 0 Å². The lowest BCUT2D eigenvalue weighted by Gasteiger charge is -2.13. The van der Waals surface area contributed by atoms with Crippen LogP contribution in [0.15, 0.2) is 22.7 Å². The zero-order valence-electron chi connectivity index (χ0n) is 8.15. The van der Waals surface area contributed by atoms with Gasteiger partial charge in [-0.2, -0.15) is 0 Å². The molecule has 1 rings (SSSR count). The standard InChI is InChI=1S/C10H9Br2F3O/c11-5-1-2-7-6-8(12)3-4-9(7)16-10(13,14)15/h3-4,6H,1-2,5H2. The summed E-state index contributed by atoms with van der Waals surface area (Å²) in [5, 5.41) is 0.741. The fraction of sp³-hybridized carbons (Fsp3) is 0.400. The summed E-state index contributed by atoms with van der Waals surface area (Å²) in [6.45, 7) is 0. The van der Waals surface area contributed by atoms with Crippen LogP contribution in [0.2, 0.25) is 0 Å². The third-order valence-electron chi connectivity index (χ3n) is 1.83. The average Bonchev–Trinajstić information content (AvgIpc) is 2.16. The second kappa shape index (κ2) is 5.91. The maximum absolute atomic E-state index is 12.1. The average molecular weight is 362 g/mol. The molecule has 6 heteroatoms. The summed E-state index contributed by atoms with van der Waals surface area (Å²) in [6.07, 6.45) is -3.35. The van der Waals surface area contributed by atoms with E-state index in [9.17, 15) is 13.2 Å². The summed E-state index contributed by atoms with van der Waals surface area (Å²) in [7, 11) is 0. The zero-order valence-corrected chi connectivity index (χ0v) is 11.3. The first-order valence-corrected chi connectivity index (χ1v) is 6.44. The van der Waals surface area contributed by atoms with E-state index in [4.69, 9.17) is 0 Å². The first kappa shape index (κ1) is 13.8. The molecule has 0 amide bonds. The number of ether oxygens (including phenoxy) is 1. The molecule has 0 N–H and O–H groups in total. The highest BCUT2D eigenvalue weighted by Gasteiger charge is 2.31. The molecular formula is C10H9Br2F3O. The van der Waals surface area contributed by atoms with Gasteiger partial charge in [0.1, 0.15) is 5.75 Å². The van der Waals surface area contributed by atoms with Crippen LogP contribution in [0.1, 0.15) is 12.0 Å². The molecule has 0 radical (unpaired) electrons. The van der Waals surface area contributed by atoms with Crippen molar-refractivity contribution in [3.63, 3.8) is 0 Å². The largest absolute Gasteiger partial charge is 0.573 e. The van der Waals surface area contributed by atoms with Crippen LogP contribution in [0.3, 0.4) is 0 Å². The maximum Gasteiger partial charge on any atom is 0.573 e. The first-order valence-electron chi connectivity index (χ1n) is 4.52. The molecular weight excluding hydrogens is 353 g/mol. The van der Waals surface area contributed by atoms with Gasteiger partial charge in [0, 0.05) is 9.80 Å². The van der Waals surface area contributed by atoms with E-state index >= 15 is 0 Å². The molecule has 0 aliphatic carbocycles. The molecule has 16 heavy (non-hydrogen) atoms. The van der Waals surface area contributed by atoms with Gasteiger partial charge in [-0.3, -0.25) is 0 Å². The van der Waals surface area contributed by atoms with Gasteiger partial charge in [-0.25, -0.2) is 0 Å². The van der Waals surface area contributed by atoms with Gasteiger partial charge in [-0.15, -0.1) is 13.2 Å². The molecule has 0 aromatic heterocycles. The Hall–Kier alpha value is -0.230. The van der Waals surface area contributed by atoms with Crippen molar-refractivity contribution in [2.75, 3.05) is 5.33 Å². The maximum atomic E-state index is 12.1. The summed E-state index contributed by atoms with van der Waals surface area (Å²) >= 11 is 6.46. The Kier molecular flexibility index (Phi) is 5.11. The first-order chi connectivity index (χ1) is 7.42. The van der Waals surface area contributed by atoms with Gasteiger partial charge in [0.15, 0.2) is 0 Å². The predicted molar refractivity (Wildman–Crippen MR) is 62.9 cm³/mol. The van der Waals surface area contributed by atoms with Crippen molar-refractivity contribution in [1.82, 2.24) is 0 Å². The number of alkyl halides is 4. The Morgan fingerprint density at radius 2 is 1.94 bits per heavy atom. The van der Waals surface area contributed by atoms with E-state index in [0.29, 0.717) is 12.0 Å². The van der Waals surface area contributed by atoms with Crippen LogP contribution in [0.25, 0.3) is 0 Å². The second-order valence-corrected chi connectivity index (χ2v) is 4.80. The van der Waals surface area contributed by atoms with Crippen molar-refractivity contribution >= 4 is 31.9 Å². The van der Waals surface area contributed by atoms with Crippen molar-refractivity contribution in [2.24, 2.45) is 0 Å². The molecule has 1 aromatic rings. The van der Waals surface area contributed by atoms with Gasteiger partial charge >= 0.3 is 6.36 Å². The Bertz CT molecular complexity index is 352.